The van der Waals surface area contributed by atoms with Gasteiger partial charge in [0.25, 0.3) is 0 Å². The van der Waals surface area contributed by atoms with Gasteiger partial charge in [-0.05, 0) is 31.0 Å². The van der Waals surface area contributed by atoms with Gasteiger partial charge in [0.2, 0.25) is 5.95 Å². The van der Waals surface area contributed by atoms with Crippen molar-refractivity contribution in [3.05, 3.63) is 39.7 Å². The van der Waals surface area contributed by atoms with Crippen molar-refractivity contribution in [2.24, 2.45) is 0 Å². The topological polar surface area (TPSA) is 111 Å². The lowest BCUT2D eigenvalue weighted by Gasteiger charge is -2.22. The van der Waals surface area contributed by atoms with E-state index >= 15 is 0 Å². The SMILES string of the molecule is Nc1ccc(F)cc1Nc1nc(Cl)c2[nH]c(=O)n(C3CCOCC3)c2n1. The van der Waals surface area contributed by atoms with Crippen LogP contribution >= 0.6 is 11.6 Å². The number of fused-ring (bicyclic) bond motifs is 1. The molecule has 26 heavy (non-hydrogen) atoms. The number of nitrogens with one attached hydrogen (secondary N) is 2. The smallest absolute Gasteiger partial charge is 0.328 e. The lowest BCUT2D eigenvalue weighted by molar-refractivity contribution is 0.0697. The fourth-order valence-electron chi connectivity index (χ4n) is 3.06. The number of aromatic amines is 1. The Morgan fingerprint density at radius 3 is 2.88 bits per heavy atom. The molecule has 0 saturated carbocycles. The largest absolute Gasteiger partial charge is 0.397 e. The van der Waals surface area contributed by atoms with E-state index in [0.29, 0.717) is 48.6 Å². The summed E-state index contributed by atoms with van der Waals surface area (Å²) in [5, 5.41) is 2.95. The molecule has 0 aliphatic carbocycles. The highest BCUT2D eigenvalue weighted by molar-refractivity contribution is 6.33. The summed E-state index contributed by atoms with van der Waals surface area (Å²) in [5.74, 6) is -0.325. The molecule has 0 bridgehead atoms. The number of hydrogen-bond acceptors (Lipinski definition) is 6. The average molecular weight is 379 g/mol. The lowest BCUT2D eigenvalue weighted by atomic mass is 10.1. The Labute approximate surface area is 152 Å². The van der Waals surface area contributed by atoms with Crippen molar-refractivity contribution in [3.8, 4) is 0 Å². The number of rotatable bonds is 3. The number of anilines is 3. The van der Waals surface area contributed by atoms with Crippen LogP contribution in [0.15, 0.2) is 23.0 Å². The van der Waals surface area contributed by atoms with E-state index in [1.807, 2.05) is 0 Å². The molecule has 0 atom stereocenters. The molecule has 8 nitrogen and oxygen atoms in total. The molecular weight excluding hydrogens is 363 g/mol. The molecule has 2 aromatic heterocycles. The van der Waals surface area contributed by atoms with Crippen molar-refractivity contribution in [1.82, 2.24) is 19.5 Å². The standard InChI is InChI=1S/C16H16ClFN6O2/c17-13-12-14(24(16(25)21-12)9-3-5-26-6-4-9)23-15(22-13)20-11-7-8(18)1-2-10(11)19/h1-2,7,9H,3-6,19H2,(H,21,25)(H,20,22,23). The van der Waals surface area contributed by atoms with Crippen LogP contribution in [0, 0.1) is 5.82 Å². The minimum absolute atomic E-state index is 0.0388. The van der Waals surface area contributed by atoms with Gasteiger partial charge in [-0.3, -0.25) is 4.57 Å². The van der Waals surface area contributed by atoms with Crippen molar-refractivity contribution in [3.63, 3.8) is 0 Å². The Balaban J connectivity index is 1.79. The van der Waals surface area contributed by atoms with Gasteiger partial charge in [-0.15, -0.1) is 0 Å². The zero-order chi connectivity index (χ0) is 18.3. The second-order valence-corrected chi connectivity index (χ2v) is 6.39. The first-order valence-electron chi connectivity index (χ1n) is 8.10. The van der Waals surface area contributed by atoms with Crippen molar-refractivity contribution in [2.75, 3.05) is 24.3 Å². The van der Waals surface area contributed by atoms with Crippen molar-refractivity contribution in [2.45, 2.75) is 18.9 Å². The summed E-state index contributed by atoms with van der Waals surface area (Å²) in [7, 11) is 0. The van der Waals surface area contributed by atoms with E-state index in [-0.39, 0.29) is 22.8 Å². The molecule has 0 unspecified atom stereocenters. The van der Waals surface area contributed by atoms with E-state index in [9.17, 15) is 9.18 Å². The minimum atomic E-state index is -0.449. The molecule has 4 rings (SSSR count). The third-order valence-electron chi connectivity index (χ3n) is 4.34. The molecular formula is C16H16ClFN6O2. The summed E-state index contributed by atoms with van der Waals surface area (Å²) >= 11 is 6.22. The first-order chi connectivity index (χ1) is 12.5. The third-order valence-corrected chi connectivity index (χ3v) is 4.62. The fraction of sp³-hybridized carbons (Fsp3) is 0.312. The highest BCUT2D eigenvalue weighted by atomic mass is 35.5. The monoisotopic (exact) mass is 378 g/mol. The zero-order valence-corrected chi connectivity index (χ0v) is 14.4. The summed E-state index contributed by atoms with van der Waals surface area (Å²) in [6.07, 6.45) is 1.40. The predicted octanol–water partition coefficient (Wildman–Crippen LogP) is 2.59. The molecule has 1 aromatic carbocycles. The number of aromatic nitrogens is 4. The van der Waals surface area contributed by atoms with E-state index in [0.717, 1.165) is 0 Å². The number of benzene rings is 1. The molecule has 0 amide bonds. The number of nitrogens with two attached hydrogens (primary N) is 1. The molecule has 1 aliphatic heterocycles. The van der Waals surface area contributed by atoms with Gasteiger partial charge < -0.3 is 20.8 Å². The van der Waals surface area contributed by atoms with Gasteiger partial charge in [0, 0.05) is 19.3 Å². The molecule has 0 spiro atoms. The molecule has 0 radical (unpaired) electrons. The molecule has 10 heteroatoms. The van der Waals surface area contributed by atoms with Crippen LogP contribution in [0.1, 0.15) is 18.9 Å². The summed E-state index contributed by atoms with van der Waals surface area (Å²) in [6, 6.07) is 3.89. The Bertz CT molecular complexity index is 1030. The van der Waals surface area contributed by atoms with Crippen LogP contribution in [0.5, 0.6) is 0 Å². The van der Waals surface area contributed by atoms with Gasteiger partial charge in [-0.2, -0.15) is 9.97 Å². The second-order valence-electron chi connectivity index (χ2n) is 6.04. The summed E-state index contributed by atoms with van der Waals surface area (Å²) < 4.78 is 20.4. The van der Waals surface area contributed by atoms with E-state index in [1.165, 1.54) is 18.2 Å². The van der Waals surface area contributed by atoms with Gasteiger partial charge >= 0.3 is 5.69 Å². The molecule has 1 saturated heterocycles. The highest BCUT2D eigenvalue weighted by Crippen LogP contribution is 2.28. The molecule has 1 fully saturated rings. The Morgan fingerprint density at radius 1 is 1.35 bits per heavy atom. The van der Waals surface area contributed by atoms with Crippen molar-refractivity contribution in [1.29, 1.82) is 0 Å². The van der Waals surface area contributed by atoms with Gasteiger partial charge in [0.1, 0.15) is 11.3 Å². The highest BCUT2D eigenvalue weighted by Gasteiger charge is 2.23. The summed E-state index contributed by atoms with van der Waals surface area (Å²) in [5.41, 5.74) is 6.95. The van der Waals surface area contributed by atoms with Gasteiger partial charge in [-0.1, -0.05) is 11.6 Å². The number of nitrogen functional groups attached to an aromatic ring is 1. The minimum Gasteiger partial charge on any atom is -0.397 e. The van der Waals surface area contributed by atoms with Gasteiger partial charge in [-0.25, -0.2) is 9.18 Å². The number of H-pyrrole nitrogens is 1. The quantitative estimate of drug-likeness (QED) is 0.477. The third kappa shape index (κ3) is 2.99. The van der Waals surface area contributed by atoms with Crippen molar-refractivity contribution < 1.29 is 9.13 Å². The maximum Gasteiger partial charge on any atom is 0.328 e. The lowest BCUT2D eigenvalue weighted by Crippen LogP contribution is -2.27. The molecule has 3 aromatic rings. The van der Waals surface area contributed by atoms with Gasteiger partial charge in [0.05, 0.1) is 11.4 Å². The summed E-state index contributed by atoms with van der Waals surface area (Å²) in [4.78, 5) is 23.6. The summed E-state index contributed by atoms with van der Waals surface area (Å²) in [6.45, 7) is 1.15. The van der Waals surface area contributed by atoms with E-state index in [1.54, 1.807) is 4.57 Å². The first-order valence-corrected chi connectivity index (χ1v) is 8.48. The number of nitrogens with zero attached hydrogens (tertiary/aromatic N) is 3. The number of hydrogen-bond donors (Lipinski definition) is 3. The average Bonchev–Trinajstić information content (AvgIpc) is 2.95. The normalized spacial score (nSPS) is 15.5. The van der Waals surface area contributed by atoms with E-state index in [4.69, 9.17) is 22.1 Å². The Morgan fingerprint density at radius 2 is 2.12 bits per heavy atom. The molecule has 136 valence electrons. The van der Waals surface area contributed by atoms with Crippen LogP contribution in [0.25, 0.3) is 11.2 Å². The van der Waals surface area contributed by atoms with Crippen LogP contribution in [0.3, 0.4) is 0 Å². The Kier molecular flexibility index (Phi) is 4.25. The molecule has 3 heterocycles. The maximum atomic E-state index is 13.5. The second kappa shape index (κ2) is 6.58. The molecule has 1 aliphatic rings. The van der Waals surface area contributed by atoms with Crippen LogP contribution in [0.2, 0.25) is 5.15 Å². The maximum absolute atomic E-state index is 13.5. The van der Waals surface area contributed by atoms with E-state index in [2.05, 4.69) is 20.3 Å². The number of halogens is 2. The zero-order valence-electron chi connectivity index (χ0n) is 13.6. The number of imidazole rings is 1. The van der Waals surface area contributed by atoms with Crippen molar-refractivity contribution >= 4 is 40.1 Å². The van der Waals surface area contributed by atoms with Crippen LogP contribution in [-0.2, 0) is 4.74 Å². The van der Waals surface area contributed by atoms with Crippen LogP contribution in [-0.4, -0.2) is 32.7 Å². The van der Waals surface area contributed by atoms with E-state index < -0.39 is 5.82 Å². The fourth-order valence-corrected chi connectivity index (χ4v) is 3.27. The Hall–Kier alpha value is -2.65. The van der Waals surface area contributed by atoms with Crippen LogP contribution < -0.4 is 16.7 Å². The first kappa shape index (κ1) is 16.8. The predicted molar refractivity (Wildman–Crippen MR) is 96.3 cm³/mol. The molecule has 4 N–H and O–H groups in total. The number of ether oxygens (including phenoxy) is 1. The van der Waals surface area contributed by atoms with Crippen LogP contribution in [0.4, 0.5) is 21.7 Å². The van der Waals surface area contributed by atoms with Gasteiger partial charge in [0.15, 0.2) is 10.8 Å².